The van der Waals surface area contributed by atoms with Crippen LogP contribution in [0.4, 0.5) is 0 Å². The fraction of sp³-hybridized carbons (Fsp3) is 0.474. The van der Waals surface area contributed by atoms with E-state index >= 15 is 0 Å². The molecule has 0 spiro atoms. The maximum absolute atomic E-state index is 12.5. The van der Waals surface area contributed by atoms with Crippen LogP contribution in [0.1, 0.15) is 40.0 Å². The average Bonchev–Trinajstić information content (AvgIpc) is 2.54. The molecule has 5 heteroatoms. The van der Waals surface area contributed by atoms with Crippen LogP contribution in [0.3, 0.4) is 0 Å². The number of carbonyl (C=O) groups excluding carboxylic acids is 1. The maximum Gasteiger partial charge on any atom is 0.326 e. The number of hydrogen-bond donors (Lipinski definition) is 0. The topological polar surface area (TPSA) is 57.5 Å². The zero-order valence-electron chi connectivity index (χ0n) is 14.6. The molecular formula is C19H25NO4. The summed E-state index contributed by atoms with van der Waals surface area (Å²) in [5, 5.41) is 1.36. The number of esters is 1. The first-order valence-electron chi connectivity index (χ1n) is 8.46. The number of fused-ring (bicyclic) bond motifs is 1. The molecule has 1 aromatic carbocycles. The lowest BCUT2D eigenvalue weighted by Crippen LogP contribution is -2.25. The van der Waals surface area contributed by atoms with Gasteiger partial charge < -0.3 is 14.0 Å². The first-order chi connectivity index (χ1) is 11.5. The lowest BCUT2D eigenvalue weighted by molar-refractivity contribution is -0.144. The number of hydrogen-bond acceptors (Lipinski definition) is 4. The zero-order chi connectivity index (χ0) is 17.5. The Morgan fingerprint density at radius 1 is 1.21 bits per heavy atom. The van der Waals surface area contributed by atoms with Crippen molar-refractivity contribution >= 4 is 16.7 Å². The molecule has 130 valence electrons. The van der Waals surface area contributed by atoms with E-state index in [9.17, 15) is 9.59 Å². The first kappa shape index (κ1) is 18.0. The number of nitrogens with zero attached hydrogens (tertiary/aromatic N) is 1. The SMILES string of the molecule is CCCCCOC(=O)Cn1ccc2cc(OC(C)C)ccc2c1=O. The molecule has 0 aliphatic rings. The van der Waals surface area contributed by atoms with Crippen molar-refractivity contribution in [1.82, 2.24) is 4.57 Å². The van der Waals surface area contributed by atoms with Gasteiger partial charge in [-0.05, 0) is 49.9 Å². The molecule has 5 nitrogen and oxygen atoms in total. The Bertz CT molecular complexity index is 749. The van der Waals surface area contributed by atoms with Crippen LogP contribution in [0, 0.1) is 0 Å². The number of pyridine rings is 1. The van der Waals surface area contributed by atoms with Gasteiger partial charge in [-0.1, -0.05) is 19.8 Å². The predicted molar refractivity (Wildman–Crippen MR) is 94.5 cm³/mol. The lowest BCUT2D eigenvalue weighted by atomic mass is 10.1. The van der Waals surface area contributed by atoms with E-state index in [-0.39, 0.29) is 24.2 Å². The Morgan fingerprint density at radius 2 is 2.00 bits per heavy atom. The van der Waals surface area contributed by atoms with E-state index < -0.39 is 0 Å². The molecule has 2 aromatic rings. The first-order valence-corrected chi connectivity index (χ1v) is 8.46. The highest BCUT2D eigenvalue weighted by molar-refractivity contribution is 5.83. The Balaban J connectivity index is 2.11. The second-order valence-electron chi connectivity index (χ2n) is 6.09. The van der Waals surface area contributed by atoms with Crippen LogP contribution in [0.25, 0.3) is 10.8 Å². The van der Waals surface area contributed by atoms with Crippen LogP contribution >= 0.6 is 0 Å². The minimum absolute atomic E-state index is 0.0643. The van der Waals surface area contributed by atoms with Gasteiger partial charge in [-0.2, -0.15) is 0 Å². The Morgan fingerprint density at radius 3 is 2.71 bits per heavy atom. The van der Waals surface area contributed by atoms with Gasteiger partial charge in [-0.25, -0.2) is 0 Å². The van der Waals surface area contributed by atoms with Crippen LogP contribution in [0.2, 0.25) is 0 Å². The van der Waals surface area contributed by atoms with Crippen molar-refractivity contribution in [3.63, 3.8) is 0 Å². The minimum atomic E-state index is -0.382. The van der Waals surface area contributed by atoms with Crippen molar-refractivity contribution in [1.29, 1.82) is 0 Å². The molecule has 0 unspecified atom stereocenters. The Labute approximate surface area is 142 Å². The number of aromatic nitrogens is 1. The molecule has 0 aliphatic heterocycles. The Kier molecular flexibility index (Phi) is 6.41. The number of benzene rings is 1. The van der Waals surface area contributed by atoms with Gasteiger partial charge in [0.25, 0.3) is 5.56 Å². The monoisotopic (exact) mass is 331 g/mol. The number of unbranched alkanes of at least 4 members (excludes halogenated alkanes) is 2. The predicted octanol–water partition coefficient (Wildman–Crippen LogP) is 3.52. The molecule has 0 saturated heterocycles. The maximum atomic E-state index is 12.5. The van der Waals surface area contributed by atoms with E-state index in [0.717, 1.165) is 30.4 Å². The summed E-state index contributed by atoms with van der Waals surface area (Å²) in [5.74, 6) is 0.345. The minimum Gasteiger partial charge on any atom is -0.491 e. The summed E-state index contributed by atoms with van der Waals surface area (Å²) in [6.07, 6.45) is 4.66. The van der Waals surface area contributed by atoms with E-state index in [0.29, 0.717) is 12.0 Å². The molecule has 0 bridgehead atoms. The molecule has 0 saturated carbocycles. The zero-order valence-corrected chi connectivity index (χ0v) is 14.6. The largest absolute Gasteiger partial charge is 0.491 e. The molecule has 0 aliphatic carbocycles. The number of rotatable bonds is 8. The van der Waals surface area contributed by atoms with E-state index in [1.807, 2.05) is 26.0 Å². The summed E-state index contributed by atoms with van der Waals surface area (Å²) in [6, 6.07) is 7.16. The Hall–Kier alpha value is -2.30. The molecule has 0 N–H and O–H groups in total. The molecule has 0 amide bonds. The second kappa shape index (κ2) is 8.52. The van der Waals surface area contributed by atoms with Gasteiger partial charge in [0.2, 0.25) is 0 Å². The second-order valence-corrected chi connectivity index (χ2v) is 6.09. The number of carbonyl (C=O) groups is 1. The van der Waals surface area contributed by atoms with E-state index in [4.69, 9.17) is 9.47 Å². The molecule has 1 aromatic heterocycles. The van der Waals surface area contributed by atoms with E-state index in [1.54, 1.807) is 18.3 Å². The van der Waals surface area contributed by atoms with Crippen molar-refractivity contribution in [2.24, 2.45) is 0 Å². The molecule has 1 heterocycles. The summed E-state index contributed by atoms with van der Waals surface area (Å²) in [5.41, 5.74) is -0.200. The third-order valence-electron chi connectivity index (χ3n) is 3.63. The fourth-order valence-electron chi connectivity index (χ4n) is 2.46. The van der Waals surface area contributed by atoms with Gasteiger partial charge in [0.15, 0.2) is 0 Å². The average molecular weight is 331 g/mol. The van der Waals surface area contributed by atoms with Crippen molar-refractivity contribution in [3.05, 3.63) is 40.8 Å². The van der Waals surface area contributed by atoms with E-state index in [1.165, 1.54) is 4.57 Å². The van der Waals surface area contributed by atoms with Gasteiger partial charge in [0.05, 0.1) is 12.7 Å². The van der Waals surface area contributed by atoms with Crippen LogP contribution < -0.4 is 10.3 Å². The van der Waals surface area contributed by atoms with Crippen LogP contribution in [0.5, 0.6) is 5.75 Å². The summed E-state index contributed by atoms with van der Waals surface area (Å²) in [7, 11) is 0. The third kappa shape index (κ3) is 4.85. The normalized spacial score (nSPS) is 11.0. The summed E-state index contributed by atoms with van der Waals surface area (Å²) in [4.78, 5) is 24.3. The highest BCUT2D eigenvalue weighted by atomic mass is 16.5. The summed E-state index contributed by atoms with van der Waals surface area (Å²) in [6.45, 7) is 6.34. The van der Waals surface area contributed by atoms with Gasteiger partial charge in [0.1, 0.15) is 12.3 Å². The van der Waals surface area contributed by atoms with E-state index in [2.05, 4.69) is 6.92 Å². The molecular weight excluding hydrogens is 306 g/mol. The highest BCUT2D eigenvalue weighted by Gasteiger charge is 2.09. The van der Waals surface area contributed by atoms with Gasteiger partial charge >= 0.3 is 5.97 Å². The van der Waals surface area contributed by atoms with Crippen molar-refractivity contribution in [3.8, 4) is 5.75 Å². The smallest absolute Gasteiger partial charge is 0.326 e. The quantitative estimate of drug-likeness (QED) is 0.548. The fourth-order valence-corrected chi connectivity index (χ4v) is 2.46. The highest BCUT2D eigenvalue weighted by Crippen LogP contribution is 2.19. The summed E-state index contributed by atoms with van der Waals surface area (Å²) < 4.78 is 12.2. The van der Waals surface area contributed by atoms with Gasteiger partial charge in [-0.3, -0.25) is 9.59 Å². The molecule has 0 fully saturated rings. The third-order valence-corrected chi connectivity index (χ3v) is 3.63. The number of ether oxygens (including phenoxy) is 2. The van der Waals surface area contributed by atoms with Crippen molar-refractivity contribution < 1.29 is 14.3 Å². The molecule has 2 rings (SSSR count). The standard InChI is InChI=1S/C19H25NO4/c1-4-5-6-11-23-18(21)13-20-10-9-15-12-16(24-14(2)3)7-8-17(15)19(20)22/h7-10,12,14H,4-6,11,13H2,1-3H3. The molecule has 0 radical (unpaired) electrons. The van der Waals surface area contributed by atoms with Crippen LogP contribution in [0.15, 0.2) is 35.3 Å². The van der Waals surface area contributed by atoms with Gasteiger partial charge in [0, 0.05) is 11.6 Å². The molecule has 0 atom stereocenters. The van der Waals surface area contributed by atoms with Crippen LogP contribution in [-0.2, 0) is 16.1 Å². The van der Waals surface area contributed by atoms with Crippen LogP contribution in [-0.4, -0.2) is 23.2 Å². The lowest BCUT2D eigenvalue weighted by Gasteiger charge is -2.11. The molecule has 24 heavy (non-hydrogen) atoms. The summed E-state index contributed by atoms with van der Waals surface area (Å²) >= 11 is 0. The van der Waals surface area contributed by atoms with Gasteiger partial charge in [-0.15, -0.1) is 0 Å². The van der Waals surface area contributed by atoms with Crippen molar-refractivity contribution in [2.45, 2.75) is 52.7 Å². The van der Waals surface area contributed by atoms with Crippen molar-refractivity contribution in [2.75, 3.05) is 6.61 Å².